The summed E-state index contributed by atoms with van der Waals surface area (Å²) in [6, 6.07) is 0. The van der Waals surface area contributed by atoms with Gasteiger partial charge in [0.05, 0.1) is 24.5 Å². The highest BCUT2D eigenvalue weighted by Gasteiger charge is 2.25. The normalized spacial score (nSPS) is 18.3. The smallest absolute Gasteiger partial charge is 0.122 e. The van der Waals surface area contributed by atoms with Gasteiger partial charge in [-0.25, -0.2) is 4.98 Å². The number of aromatic nitrogens is 4. The van der Waals surface area contributed by atoms with Crippen LogP contribution in [0.5, 0.6) is 0 Å². The topological polar surface area (TPSA) is 48.1 Å². The number of fused-ring (bicyclic) bond motifs is 1. The Kier molecular flexibility index (Phi) is 3.95. The second kappa shape index (κ2) is 6.09. The first-order chi connectivity index (χ1) is 11.2. The van der Waals surface area contributed by atoms with Crippen LogP contribution in [0.25, 0.3) is 0 Å². The Hall–Kier alpha value is -1.66. The highest BCUT2D eigenvalue weighted by atomic mass is 16.5. The van der Waals surface area contributed by atoms with E-state index in [4.69, 9.17) is 9.84 Å². The molecule has 124 valence electrons. The predicted molar refractivity (Wildman–Crippen MR) is 86.6 cm³/mol. The average molecular weight is 315 g/mol. The van der Waals surface area contributed by atoms with Crippen molar-refractivity contribution < 1.29 is 4.74 Å². The minimum absolute atomic E-state index is 0.666. The fraction of sp³-hybridized carbons (Fsp3) is 0.647. The Morgan fingerprint density at radius 3 is 2.91 bits per heavy atom. The molecule has 6 nitrogen and oxygen atoms in total. The van der Waals surface area contributed by atoms with Crippen molar-refractivity contribution in [3.05, 3.63) is 35.2 Å². The van der Waals surface area contributed by atoms with Crippen LogP contribution < -0.4 is 0 Å². The van der Waals surface area contributed by atoms with Crippen LogP contribution in [-0.4, -0.2) is 37.4 Å². The number of hydrogen-bond donors (Lipinski definition) is 0. The first-order valence-corrected chi connectivity index (χ1v) is 8.50. The maximum absolute atomic E-state index is 5.85. The van der Waals surface area contributed by atoms with Gasteiger partial charge in [0.25, 0.3) is 0 Å². The van der Waals surface area contributed by atoms with Gasteiger partial charge in [-0.15, -0.1) is 0 Å². The zero-order valence-corrected chi connectivity index (χ0v) is 14.0. The van der Waals surface area contributed by atoms with Gasteiger partial charge in [0.1, 0.15) is 5.82 Å². The highest BCUT2D eigenvalue weighted by molar-refractivity contribution is 5.28. The Balaban J connectivity index is 1.42. The molecule has 2 aromatic heterocycles. The van der Waals surface area contributed by atoms with Crippen molar-refractivity contribution in [2.24, 2.45) is 20.0 Å². The molecular weight excluding hydrogens is 290 g/mol. The molecule has 0 unspecified atom stereocenters. The van der Waals surface area contributed by atoms with Gasteiger partial charge in [-0.3, -0.25) is 9.58 Å². The molecule has 1 saturated carbocycles. The van der Waals surface area contributed by atoms with Crippen LogP contribution >= 0.6 is 0 Å². The molecule has 0 N–H and O–H groups in total. The molecule has 0 atom stereocenters. The monoisotopic (exact) mass is 315 g/mol. The maximum atomic E-state index is 5.85. The van der Waals surface area contributed by atoms with E-state index in [0.717, 1.165) is 50.1 Å². The van der Waals surface area contributed by atoms with Crippen molar-refractivity contribution in [1.82, 2.24) is 24.2 Å². The molecule has 2 aromatic rings. The number of hydrogen-bond acceptors (Lipinski definition) is 4. The van der Waals surface area contributed by atoms with Crippen LogP contribution in [0.4, 0.5) is 0 Å². The predicted octanol–water partition coefficient (Wildman–Crippen LogP) is 1.64. The van der Waals surface area contributed by atoms with Gasteiger partial charge in [-0.2, -0.15) is 5.10 Å². The lowest BCUT2D eigenvalue weighted by Gasteiger charge is -2.27. The summed E-state index contributed by atoms with van der Waals surface area (Å²) < 4.78 is 9.98. The minimum Gasteiger partial charge on any atom is -0.375 e. The molecule has 4 rings (SSSR count). The summed E-state index contributed by atoms with van der Waals surface area (Å²) in [6.07, 6.45) is 7.59. The van der Waals surface area contributed by atoms with Crippen molar-refractivity contribution in [1.29, 1.82) is 0 Å². The molecule has 0 bridgehead atoms. The molecule has 2 aliphatic rings. The number of imidazole rings is 1. The summed E-state index contributed by atoms with van der Waals surface area (Å²) in [5.74, 6) is 1.92. The van der Waals surface area contributed by atoms with Gasteiger partial charge in [0.2, 0.25) is 0 Å². The molecule has 0 aromatic carbocycles. The molecule has 0 saturated heterocycles. The van der Waals surface area contributed by atoms with Crippen molar-refractivity contribution in [3.63, 3.8) is 0 Å². The van der Waals surface area contributed by atoms with Crippen LogP contribution in [0.3, 0.4) is 0 Å². The van der Waals surface area contributed by atoms with Gasteiger partial charge in [0, 0.05) is 51.7 Å². The number of aryl methyl sites for hydroxylation is 2. The standard InChI is InChI=1S/C17H25N5O/c1-20-8-6-18-17(20)10-22-7-5-14-15(12-23-11-13-3-4-13)19-21(2)16(14)9-22/h6,8,13H,3-5,7,9-12H2,1-2H3. The lowest BCUT2D eigenvalue weighted by molar-refractivity contribution is 0.107. The van der Waals surface area contributed by atoms with Crippen LogP contribution in [0.1, 0.15) is 35.6 Å². The lowest BCUT2D eigenvalue weighted by atomic mass is 10.0. The van der Waals surface area contributed by atoms with Crippen LogP contribution in [0.15, 0.2) is 12.4 Å². The number of ether oxygens (including phenoxy) is 1. The zero-order valence-electron chi connectivity index (χ0n) is 14.0. The van der Waals surface area contributed by atoms with Crippen LogP contribution in [0.2, 0.25) is 0 Å². The largest absolute Gasteiger partial charge is 0.375 e. The molecule has 23 heavy (non-hydrogen) atoms. The quantitative estimate of drug-likeness (QED) is 0.813. The minimum atomic E-state index is 0.666. The Morgan fingerprint density at radius 1 is 1.30 bits per heavy atom. The van der Waals surface area contributed by atoms with Gasteiger partial charge in [-0.05, 0) is 25.2 Å². The van der Waals surface area contributed by atoms with Gasteiger partial charge < -0.3 is 9.30 Å². The van der Waals surface area contributed by atoms with E-state index in [0.29, 0.717) is 6.61 Å². The summed E-state index contributed by atoms with van der Waals surface area (Å²) >= 11 is 0. The molecule has 0 radical (unpaired) electrons. The van der Waals surface area contributed by atoms with E-state index < -0.39 is 0 Å². The summed E-state index contributed by atoms with van der Waals surface area (Å²) in [6.45, 7) is 4.45. The van der Waals surface area contributed by atoms with Gasteiger partial charge in [-0.1, -0.05) is 0 Å². The third-order valence-corrected chi connectivity index (χ3v) is 4.98. The Bertz CT molecular complexity index is 685. The van der Waals surface area contributed by atoms with Crippen molar-refractivity contribution in [3.8, 4) is 0 Å². The van der Waals surface area contributed by atoms with E-state index in [1.54, 1.807) is 0 Å². The SMILES string of the molecule is Cn1ccnc1CN1CCc2c(COCC3CC3)nn(C)c2C1. The van der Waals surface area contributed by atoms with E-state index in [-0.39, 0.29) is 0 Å². The van der Waals surface area contributed by atoms with Gasteiger partial charge >= 0.3 is 0 Å². The maximum Gasteiger partial charge on any atom is 0.122 e. The molecule has 1 fully saturated rings. The highest BCUT2D eigenvalue weighted by Crippen LogP contribution is 2.29. The average Bonchev–Trinajstić information content (AvgIpc) is 3.21. The number of rotatable bonds is 6. The summed E-state index contributed by atoms with van der Waals surface area (Å²) in [5.41, 5.74) is 3.87. The van der Waals surface area contributed by atoms with Crippen LogP contribution in [0, 0.1) is 5.92 Å². The molecule has 3 heterocycles. The zero-order chi connectivity index (χ0) is 15.8. The van der Waals surface area contributed by atoms with E-state index in [9.17, 15) is 0 Å². The van der Waals surface area contributed by atoms with E-state index in [1.165, 1.54) is 24.1 Å². The summed E-state index contributed by atoms with van der Waals surface area (Å²) in [4.78, 5) is 6.88. The van der Waals surface area contributed by atoms with E-state index >= 15 is 0 Å². The second-order valence-corrected chi connectivity index (χ2v) is 6.87. The summed E-state index contributed by atoms with van der Waals surface area (Å²) in [5, 5.41) is 4.70. The first kappa shape index (κ1) is 14.9. The van der Waals surface area contributed by atoms with Gasteiger partial charge in [0.15, 0.2) is 0 Å². The fourth-order valence-electron chi connectivity index (χ4n) is 3.32. The van der Waals surface area contributed by atoms with E-state index in [2.05, 4.69) is 21.5 Å². The second-order valence-electron chi connectivity index (χ2n) is 6.87. The Labute approximate surface area is 137 Å². The Morgan fingerprint density at radius 2 is 2.17 bits per heavy atom. The van der Waals surface area contributed by atoms with Crippen molar-refractivity contribution in [2.45, 2.75) is 39.0 Å². The van der Waals surface area contributed by atoms with Crippen molar-refractivity contribution >= 4 is 0 Å². The van der Waals surface area contributed by atoms with E-state index in [1.807, 2.05) is 24.1 Å². The molecular formula is C17H25N5O. The van der Waals surface area contributed by atoms with Crippen LogP contribution in [-0.2, 0) is 44.9 Å². The third-order valence-electron chi connectivity index (χ3n) is 4.98. The summed E-state index contributed by atoms with van der Waals surface area (Å²) in [7, 11) is 4.10. The molecule has 1 aliphatic heterocycles. The van der Waals surface area contributed by atoms with Crippen molar-refractivity contribution in [2.75, 3.05) is 13.2 Å². The first-order valence-electron chi connectivity index (χ1n) is 8.50. The number of nitrogens with zero attached hydrogens (tertiary/aromatic N) is 5. The fourth-order valence-corrected chi connectivity index (χ4v) is 3.32. The molecule has 1 aliphatic carbocycles. The molecule has 0 amide bonds. The molecule has 6 heteroatoms. The third kappa shape index (κ3) is 3.19. The molecule has 0 spiro atoms. The lowest BCUT2D eigenvalue weighted by Crippen LogP contribution is -2.32.